The maximum absolute atomic E-state index is 3.69. The molecule has 0 atom stereocenters. The molecule has 16 heavy (non-hydrogen) atoms. The first-order valence-electron chi connectivity index (χ1n) is 6.82. The van der Waals surface area contributed by atoms with Gasteiger partial charge in [0.2, 0.25) is 0 Å². The monoisotopic (exact) mass is 220 g/mol. The summed E-state index contributed by atoms with van der Waals surface area (Å²) in [6.45, 7) is 5.94. The molecule has 0 heterocycles. The Bertz CT molecular complexity index is 186. The molecule has 92 valence electrons. The predicted molar refractivity (Wildman–Crippen MR) is 75.7 cm³/mol. The Labute approximate surface area is 102 Å². The van der Waals surface area contributed by atoms with E-state index in [9.17, 15) is 0 Å². The van der Waals surface area contributed by atoms with Crippen LogP contribution in [0.1, 0.15) is 64.7 Å². The van der Waals surface area contributed by atoms with E-state index in [1.807, 2.05) is 6.08 Å². The molecule has 0 saturated carbocycles. The van der Waals surface area contributed by atoms with Gasteiger partial charge in [0.15, 0.2) is 0 Å². The molecule has 0 aliphatic heterocycles. The van der Waals surface area contributed by atoms with Gasteiger partial charge < -0.3 is 0 Å². The first-order valence-corrected chi connectivity index (χ1v) is 6.82. The number of hydrogen-bond acceptors (Lipinski definition) is 0. The van der Waals surface area contributed by atoms with Crippen molar-refractivity contribution in [3.8, 4) is 0 Å². The summed E-state index contributed by atoms with van der Waals surface area (Å²) in [6, 6.07) is 0. The fraction of sp³-hybridized carbons (Fsp3) is 0.625. The van der Waals surface area contributed by atoms with E-state index in [0.29, 0.717) is 0 Å². The predicted octanol–water partition coefficient (Wildman–Crippen LogP) is 5.82. The fourth-order valence-corrected chi connectivity index (χ4v) is 1.58. The summed E-state index contributed by atoms with van der Waals surface area (Å²) < 4.78 is 0. The highest BCUT2D eigenvalue weighted by atomic mass is 13.9. The van der Waals surface area contributed by atoms with Crippen molar-refractivity contribution in [2.45, 2.75) is 64.7 Å². The molecule has 0 N–H and O–H groups in total. The topological polar surface area (TPSA) is 0 Å². The number of unbranched alkanes of at least 4 members (excludes halogenated alkanes) is 6. The molecule has 0 rings (SSSR count). The molecule has 0 aromatic rings. The third kappa shape index (κ3) is 13.2. The second kappa shape index (κ2) is 14.2. The lowest BCUT2D eigenvalue weighted by Crippen LogP contribution is -1.74. The molecule has 0 saturated heterocycles. The number of hydrogen-bond donors (Lipinski definition) is 0. The smallest absolute Gasteiger partial charge is 0.0172 e. The maximum Gasteiger partial charge on any atom is -0.0172 e. The van der Waals surface area contributed by atoms with Crippen LogP contribution in [0.5, 0.6) is 0 Å². The van der Waals surface area contributed by atoms with E-state index in [1.54, 1.807) is 0 Å². The molecule has 0 bridgehead atoms. The van der Waals surface area contributed by atoms with Gasteiger partial charge in [-0.2, -0.15) is 0 Å². The second-order valence-electron chi connectivity index (χ2n) is 4.25. The van der Waals surface area contributed by atoms with Crippen LogP contribution in [0.15, 0.2) is 37.0 Å². The number of allylic oxidation sites excluding steroid dienone is 5. The first-order chi connectivity index (χ1) is 7.91. The van der Waals surface area contributed by atoms with Crippen LogP contribution in [0.3, 0.4) is 0 Å². The van der Waals surface area contributed by atoms with Crippen LogP contribution in [-0.2, 0) is 0 Å². The molecule has 0 unspecified atom stereocenters. The van der Waals surface area contributed by atoms with Crippen LogP contribution < -0.4 is 0 Å². The van der Waals surface area contributed by atoms with Gasteiger partial charge in [-0.25, -0.2) is 0 Å². The largest absolute Gasteiger partial charge is 0.103 e. The molecular weight excluding hydrogens is 192 g/mol. The number of rotatable bonds is 11. The first kappa shape index (κ1) is 15.2. The van der Waals surface area contributed by atoms with Crippen LogP contribution in [0.25, 0.3) is 0 Å². The minimum Gasteiger partial charge on any atom is -0.103 e. The highest BCUT2D eigenvalue weighted by Gasteiger charge is 1.84. The van der Waals surface area contributed by atoms with Crippen LogP contribution in [0.2, 0.25) is 0 Å². The van der Waals surface area contributed by atoms with Gasteiger partial charge in [0.05, 0.1) is 0 Å². The zero-order valence-corrected chi connectivity index (χ0v) is 11.0. The van der Waals surface area contributed by atoms with Crippen molar-refractivity contribution in [3.05, 3.63) is 37.0 Å². The van der Waals surface area contributed by atoms with E-state index in [-0.39, 0.29) is 0 Å². The summed E-state index contributed by atoms with van der Waals surface area (Å²) in [5, 5.41) is 0. The van der Waals surface area contributed by atoms with Gasteiger partial charge >= 0.3 is 0 Å². The van der Waals surface area contributed by atoms with Gasteiger partial charge in [0.25, 0.3) is 0 Å². The quantitative estimate of drug-likeness (QED) is 0.304. The van der Waals surface area contributed by atoms with Crippen molar-refractivity contribution >= 4 is 0 Å². The minimum absolute atomic E-state index is 1.01. The fourth-order valence-electron chi connectivity index (χ4n) is 1.58. The Morgan fingerprint density at radius 3 is 1.75 bits per heavy atom. The summed E-state index contributed by atoms with van der Waals surface area (Å²) in [7, 11) is 0. The summed E-state index contributed by atoms with van der Waals surface area (Å²) in [4.78, 5) is 0. The Morgan fingerprint density at radius 2 is 1.25 bits per heavy atom. The van der Waals surface area contributed by atoms with Gasteiger partial charge in [0.1, 0.15) is 0 Å². The second-order valence-corrected chi connectivity index (χ2v) is 4.25. The van der Waals surface area contributed by atoms with Crippen molar-refractivity contribution in [3.63, 3.8) is 0 Å². The van der Waals surface area contributed by atoms with Gasteiger partial charge in [-0.05, 0) is 44.9 Å². The molecule has 0 nitrogen and oxygen atoms in total. The molecule has 0 aromatic carbocycles. The third-order valence-corrected chi connectivity index (χ3v) is 2.60. The molecule has 0 fully saturated rings. The Kier molecular flexibility index (Phi) is 13.5. The molecule has 0 amide bonds. The van der Waals surface area contributed by atoms with Gasteiger partial charge in [0, 0.05) is 0 Å². The molecule has 0 aromatic heterocycles. The van der Waals surface area contributed by atoms with E-state index in [4.69, 9.17) is 0 Å². The molecule has 0 heteroatoms. The summed E-state index contributed by atoms with van der Waals surface area (Å²) in [5.41, 5.74) is 0. The molecule has 0 radical (unpaired) electrons. The van der Waals surface area contributed by atoms with Gasteiger partial charge in [-0.15, -0.1) is 6.58 Å². The Morgan fingerprint density at radius 1 is 0.750 bits per heavy atom. The lowest BCUT2D eigenvalue weighted by Gasteiger charge is -1.94. The van der Waals surface area contributed by atoms with E-state index in [1.165, 1.54) is 51.4 Å². The highest BCUT2D eigenvalue weighted by Crippen LogP contribution is 2.04. The van der Waals surface area contributed by atoms with Gasteiger partial charge in [-0.3, -0.25) is 0 Å². The molecule has 0 aliphatic rings. The summed E-state index contributed by atoms with van der Waals surface area (Å²) >= 11 is 0. The van der Waals surface area contributed by atoms with Crippen molar-refractivity contribution < 1.29 is 0 Å². The van der Waals surface area contributed by atoms with Crippen LogP contribution in [0, 0.1) is 0 Å². The van der Waals surface area contributed by atoms with E-state index in [0.717, 1.165) is 6.42 Å². The van der Waals surface area contributed by atoms with Crippen LogP contribution in [0.4, 0.5) is 0 Å². The highest BCUT2D eigenvalue weighted by molar-refractivity contribution is 4.88. The van der Waals surface area contributed by atoms with E-state index >= 15 is 0 Å². The summed E-state index contributed by atoms with van der Waals surface area (Å²) in [6.07, 6.45) is 22.6. The van der Waals surface area contributed by atoms with Crippen molar-refractivity contribution in [1.82, 2.24) is 0 Å². The van der Waals surface area contributed by atoms with E-state index < -0.39 is 0 Å². The summed E-state index contributed by atoms with van der Waals surface area (Å²) in [5.74, 6) is 0. The zero-order valence-electron chi connectivity index (χ0n) is 11.0. The Hall–Kier alpha value is -0.780. The average molecular weight is 220 g/mol. The standard InChI is InChI=1S/C16H28/c1-3-5-7-9-11-13-15-16-14-12-10-8-6-4-2/h3,7,9,12,14H,1,4-6,8,10-11,13,15-16H2,2H3. The lowest BCUT2D eigenvalue weighted by molar-refractivity contribution is 0.723. The van der Waals surface area contributed by atoms with E-state index in [2.05, 4.69) is 37.8 Å². The SMILES string of the molecule is C=CCC=CCCCCC=CCCCCC. The van der Waals surface area contributed by atoms with Gasteiger partial charge in [-0.1, -0.05) is 50.1 Å². The maximum atomic E-state index is 3.69. The van der Waals surface area contributed by atoms with Crippen molar-refractivity contribution in [2.75, 3.05) is 0 Å². The third-order valence-electron chi connectivity index (χ3n) is 2.60. The zero-order chi connectivity index (χ0) is 11.9. The molecular formula is C16H28. The van der Waals surface area contributed by atoms with Crippen molar-refractivity contribution in [2.24, 2.45) is 0 Å². The minimum atomic E-state index is 1.01. The lowest BCUT2D eigenvalue weighted by atomic mass is 10.1. The molecule has 0 aliphatic carbocycles. The molecule has 0 spiro atoms. The normalized spacial score (nSPS) is 11.6. The van der Waals surface area contributed by atoms with Crippen LogP contribution >= 0.6 is 0 Å². The van der Waals surface area contributed by atoms with Crippen LogP contribution in [-0.4, -0.2) is 0 Å². The average Bonchev–Trinajstić information content (AvgIpc) is 2.31. The van der Waals surface area contributed by atoms with Crippen molar-refractivity contribution in [1.29, 1.82) is 0 Å². The Balaban J connectivity index is 3.11.